The maximum Gasteiger partial charge on any atom is -0.0129 e. The molecule has 0 N–H and O–H groups in total. The van der Waals surface area contributed by atoms with Crippen LogP contribution in [-0.4, -0.2) is 0 Å². The molecule has 1 aromatic rings. The van der Waals surface area contributed by atoms with E-state index in [0.29, 0.717) is 0 Å². The normalized spacial score (nSPS) is 13.0. The SMILES string of the molecule is Cc1cc(C)c(C(C)(C)C)cc1C(C)(C)C. The molecule has 1 rings (SSSR count). The minimum atomic E-state index is 0.234. The smallest absolute Gasteiger partial charge is 0.0129 e. The zero-order valence-corrected chi connectivity index (χ0v) is 12.2. The van der Waals surface area contributed by atoms with E-state index in [1.165, 1.54) is 22.3 Å². The van der Waals surface area contributed by atoms with E-state index in [-0.39, 0.29) is 10.8 Å². The van der Waals surface area contributed by atoms with Gasteiger partial charge < -0.3 is 0 Å². The van der Waals surface area contributed by atoms with Crippen molar-refractivity contribution in [2.45, 2.75) is 66.2 Å². The lowest BCUT2D eigenvalue weighted by Gasteiger charge is -2.28. The minimum absolute atomic E-state index is 0.234. The van der Waals surface area contributed by atoms with Gasteiger partial charge in [0.05, 0.1) is 0 Å². The average Bonchev–Trinajstić information content (AvgIpc) is 1.97. The first kappa shape index (κ1) is 13.3. The molecule has 0 amide bonds. The highest BCUT2D eigenvalue weighted by Gasteiger charge is 2.22. The molecule has 0 saturated carbocycles. The van der Waals surface area contributed by atoms with Crippen LogP contribution in [0.5, 0.6) is 0 Å². The predicted molar refractivity (Wildman–Crippen MR) is 73.3 cm³/mol. The van der Waals surface area contributed by atoms with E-state index in [1.54, 1.807) is 0 Å². The fourth-order valence-corrected chi connectivity index (χ4v) is 2.47. The molecule has 0 aromatic heterocycles. The Hall–Kier alpha value is -0.780. The molecule has 0 saturated heterocycles. The summed E-state index contributed by atoms with van der Waals surface area (Å²) in [7, 11) is 0. The number of rotatable bonds is 0. The van der Waals surface area contributed by atoms with Gasteiger partial charge >= 0.3 is 0 Å². The van der Waals surface area contributed by atoms with E-state index < -0.39 is 0 Å². The summed E-state index contributed by atoms with van der Waals surface area (Å²) in [6.07, 6.45) is 0. The standard InChI is InChI=1S/C16H26/c1-11-9-12(2)14(16(6,7)8)10-13(11)15(3,4)5/h9-10H,1-8H3. The molecule has 0 nitrogen and oxygen atoms in total. The van der Waals surface area contributed by atoms with Crippen LogP contribution in [0, 0.1) is 13.8 Å². The largest absolute Gasteiger partial charge is 0.0561 e. The van der Waals surface area contributed by atoms with Crippen molar-refractivity contribution in [1.82, 2.24) is 0 Å². The molecule has 0 unspecified atom stereocenters. The predicted octanol–water partition coefficient (Wildman–Crippen LogP) is 4.90. The molecule has 0 heterocycles. The summed E-state index contributed by atoms with van der Waals surface area (Å²) in [6.45, 7) is 18.2. The molecule has 0 heteroatoms. The lowest BCUT2D eigenvalue weighted by Crippen LogP contribution is -2.18. The van der Waals surface area contributed by atoms with Gasteiger partial charge in [0.1, 0.15) is 0 Å². The van der Waals surface area contributed by atoms with E-state index >= 15 is 0 Å². The summed E-state index contributed by atoms with van der Waals surface area (Å²) in [4.78, 5) is 0. The second-order valence-electron chi connectivity index (χ2n) is 6.98. The molecular formula is C16H26. The van der Waals surface area contributed by atoms with E-state index in [9.17, 15) is 0 Å². The number of aryl methyl sites for hydroxylation is 2. The maximum absolute atomic E-state index is 2.41. The van der Waals surface area contributed by atoms with Crippen molar-refractivity contribution in [3.8, 4) is 0 Å². The third-order valence-electron chi connectivity index (χ3n) is 3.19. The van der Waals surface area contributed by atoms with Gasteiger partial charge in [-0.1, -0.05) is 53.7 Å². The van der Waals surface area contributed by atoms with Crippen LogP contribution < -0.4 is 0 Å². The third kappa shape index (κ3) is 2.66. The van der Waals surface area contributed by atoms with E-state index in [0.717, 1.165) is 0 Å². The van der Waals surface area contributed by atoms with Crippen molar-refractivity contribution in [1.29, 1.82) is 0 Å². The molecule has 0 spiro atoms. The molecule has 90 valence electrons. The fraction of sp³-hybridized carbons (Fsp3) is 0.625. The van der Waals surface area contributed by atoms with Crippen molar-refractivity contribution >= 4 is 0 Å². The minimum Gasteiger partial charge on any atom is -0.0561 e. The Morgan fingerprint density at radius 3 is 1.19 bits per heavy atom. The van der Waals surface area contributed by atoms with Crippen LogP contribution in [0.4, 0.5) is 0 Å². The molecule has 0 aliphatic carbocycles. The summed E-state index contributed by atoms with van der Waals surface area (Å²) in [5.41, 5.74) is 6.25. The Labute approximate surface area is 101 Å². The van der Waals surface area contributed by atoms with Gasteiger partial charge in [0.2, 0.25) is 0 Å². The first-order valence-corrected chi connectivity index (χ1v) is 6.15. The highest BCUT2D eigenvalue weighted by Crippen LogP contribution is 2.33. The van der Waals surface area contributed by atoms with E-state index in [1.807, 2.05) is 0 Å². The van der Waals surface area contributed by atoms with Crippen LogP contribution in [0.25, 0.3) is 0 Å². The average molecular weight is 218 g/mol. The zero-order valence-electron chi connectivity index (χ0n) is 12.2. The van der Waals surface area contributed by atoms with E-state index in [2.05, 4.69) is 67.5 Å². The van der Waals surface area contributed by atoms with Crippen LogP contribution in [0.2, 0.25) is 0 Å². The van der Waals surface area contributed by atoms with Gasteiger partial charge in [-0.3, -0.25) is 0 Å². The molecule has 0 radical (unpaired) electrons. The Morgan fingerprint density at radius 1 is 0.625 bits per heavy atom. The van der Waals surface area contributed by atoms with Gasteiger partial charge in [-0.2, -0.15) is 0 Å². The third-order valence-corrected chi connectivity index (χ3v) is 3.19. The topological polar surface area (TPSA) is 0 Å². The summed E-state index contributed by atoms with van der Waals surface area (Å²) >= 11 is 0. The molecule has 16 heavy (non-hydrogen) atoms. The molecule has 0 bridgehead atoms. The van der Waals surface area contributed by atoms with Gasteiger partial charge in [-0.15, -0.1) is 0 Å². The molecule has 0 atom stereocenters. The van der Waals surface area contributed by atoms with Gasteiger partial charge in [0, 0.05) is 0 Å². The van der Waals surface area contributed by atoms with Crippen LogP contribution in [0.3, 0.4) is 0 Å². The highest BCUT2D eigenvalue weighted by molar-refractivity contribution is 5.43. The van der Waals surface area contributed by atoms with Crippen molar-refractivity contribution in [3.63, 3.8) is 0 Å². The summed E-state index contributed by atoms with van der Waals surface area (Å²) in [5, 5.41) is 0. The lowest BCUT2D eigenvalue weighted by molar-refractivity contribution is 0.563. The Balaban J connectivity index is 3.45. The molecule has 0 fully saturated rings. The van der Waals surface area contributed by atoms with Crippen molar-refractivity contribution < 1.29 is 0 Å². The van der Waals surface area contributed by atoms with Crippen LogP contribution in [0.15, 0.2) is 12.1 Å². The fourth-order valence-electron chi connectivity index (χ4n) is 2.47. The van der Waals surface area contributed by atoms with E-state index in [4.69, 9.17) is 0 Å². The quantitative estimate of drug-likeness (QED) is 0.581. The number of benzene rings is 1. The first-order chi connectivity index (χ1) is 7.03. The number of hydrogen-bond acceptors (Lipinski definition) is 0. The van der Waals surface area contributed by atoms with Crippen molar-refractivity contribution in [2.24, 2.45) is 0 Å². The Morgan fingerprint density at radius 2 is 0.938 bits per heavy atom. The van der Waals surface area contributed by atoms with Crippen molar-refractivity contribution in [3.05, 3.63) is 34.4 Å². The second kappa shape index (κ2) is 3.91. The second-order valence-corrected chi connectivity index (χ2v) is 6.98. The maximum atomic E-state index is 2.41. The van der Waals surface area contributed by atoms with Crippen molar-refractivity contribution in [2.75, 3.05) is 0 Å². The Kier molecular flexibility index (Phi) is 3.24. The summed E-state index contributed by atoms with van der Waals surface area (Å²) in [5.74, 6) is 0. The number of hydrogen-bond donors (Lipinski definition) is 0. The first-order valence-electron chi connectivity index (χ1n) is 6.15. The van der Waals surface area contributed by atoms with Crippen LogP contribution in [-0.2, 0) is 10.8 Å². The molecule has 0 aliphatic rings. The molecular weight excluding hydrogens is 192 g/mol. The van der Waals surface area contributed by atoms with Gasteiger partial charge in [-0.25, -0.2) is 0 Å². The summed E-state index contributed by atoms with van der Waals surface area (Å²) < 4.78 is 0. The Bertz CT molecular complexity index is 348. The van der Waals surface area contributed by atoms with Gasteiger partial charge in [0.25, 0.3) is 0 Å². The van der Waals surface area contributed by atoms with Crippen LogP contribution >= 0.6 is 0 Å². The zero-order chi connectivity index (χ0) is 12.7. The van der Waals surface area contributed by atoms with Gasteiger partial charge in [-0.05, 0) is 46.9 Å². The summed E-state index contributed by atoms with van der Waals surface area (Å²) in [6, 6.07) is 4.74. The molecule has 0 aliphatic heterocycles. The lowest BCUT2D eigenvalue weighted by atomic mass is 9.77. The highest BCUT2D eigenvalue weighted by atomic mass is 14.3. The van der Waals surface area contributed by atoms with Gasteiger partial charge in [0.15, 0.2) is 0 Å². The van der Waals surface area contributed by atoms with Crippen LogP contribution in [0.1, 0.15) is 63.8 Å². The molecule has 1 aromatic carbocycles. The monoisotopic (exact) mass is 218 g/mol.